The maximum absolute atomic E-state index is 12.9. The molecule has 6 heteroatoms. The number of benzene rings is 4. The van der Waals surface area contributed by atoms with Crippen molar-refractivity contribution in [2.45, 2.75) is 6.92 Å². The molecular weight excluding hydrogens is 416 g/mol. The Balaban J connectivity index is 1.51. The van der Waals surface area contributed by atoms with Crippen molar-refractivity contribution in [2.24, 2.45) is 5.10 Å². The summed E-state index contributed by atoms with van der Waals surface area (Å²) in [6, 6.07) is 27.0. The fourth-order valence-electron chi connectivity index (χ4n) is 3.34. The van der Waals surface area contributed by atoms with E-state index in [1.807, 2.05) is 49.4 Å². The molecule has 0 aliphatic carbocycles. The molecule has 4 aromatic carbocycles. The molecule has 0 aromatic heterocycles. The van der Waals surface area contributed by atoms with Crippen LogP contribution in [0.25, 0.3) is 10.8 Å². The van der Waals surface area contributed by atoms with Crippen molar-refractivity contribution < 1.29 is 19.1 Å². The summed E-state index contributed by atoms with van der Waals surface area (Å²) in [5, 5.41) is 5.78. The van der Waals surface area contributed by atoms with E-state index in [9.17, 15) is 9.59 Å². The zero-order valence-corrected chi connectivity index (χ0v) is 18.0. The number of hydrogen-bond donors (Lipinski definition) is 1. The van der Waals surface area contributed by atoms with Crippen LogP contribution in [-0.2, 0) is 0 Å². The normalized spacial score (nSPS) is 10.8. The molecule has 0 bridgehead atoms. The average Bonchev–Trinajstić information content (AvgIpc) is 2.85. The minimum atomic E-state index is -0.468. The number of rotatable bonds is 7. The molecule has 6 nitrogen and oxygen atoms in total. The summed E-state index contributed by atoms with van der Waals surface area (Å²) in [6.45, 7) is 2.24. The van der Waals surface area contributed by atoms with Gasteiger partial charge >= 0.3 is 5.97 Å². The van der Waals surface area contributed by atoms with Crippen LogP contribution in [0.1, 0.15) is 33.2 Å². The van der Waals surface area contributed by atoms with E-state index in [4.69, 9.17) is 9.47 Å². The molecule has 4 rings (SSSR count). The van der Waals surface area contributed by atoms with Crippen LogP contribution in [0.4, 0.5) is 0 Å². The highest BCUT2D eigenvalue weighted by molar-refractivity contribution is 6.05. The molecule has 0 aliphatic heterocycles. The molecular formula is C27H22N2O4. The summed E-state index contributed by atoms with van der Waals surface area (Å²) < 4.78 is 11.3. The van der Waals surface area contributed by atoms with Crippen LogP contribution in [-0.4, -0.2) is 24.7 Å². The SMILES string of the molecule is CCOc1cc(/C=N\NC(=O)c2ccccc2)ccc1OC(=O)c1cccc2ccccc12. The second-order valence-electron chi connectivity index (χ2n) is 7.12. The van der Waals surface area contributed by atoms with Gasteiger partial charge in [0, 0.05) is 5.56 Å². The van der Waals surface area contributed by atoms with Gasteiger partial charge in [-0.25, -0.2) is 10.2 Å². The lowest BCUT2D eigenvalue weighted by molar-refractivity contribution is 0.0730. The van der Waals surface area contributed by atoms with Gasteiger partial charge in [-0.3, -0.25) is 4.79 Å². The van der Waals surface area contributed by atoms with E-state index in [2.05, 4.69) is 10.5 Å². The van der Waals surface area contributed by atoms with Crippen molar-refractivity contribution in [3.05, 3.63) is 108 Å². The highest BCUT2D eigenvalue weighted by atomic mass is 16.6. The lowest BCUT2D eigenvalue weighted by atomic mass is 10.0. The predicted molar refractivity (Wildman–Crippen MR) is 128 cm³/mol. The Hall–Kier alpha value is -4.45. The summed E-state index contributed by atoms with van der Waals surface area (Å²) in [6.07, 6.45) is 1.50. The second-order valence-corrected chi connectivity index (χ2v) is 7.12. The summed E-state index contributed by atoms with van der Waals surface area (Å²) in [5.41, 5.74) is 4.16. The van der Waals surface area contributed by atoms with Gasteiger partial charge in [-0.05, 0) is 59.7 Å². The first-order chi connectivity index (χ1) is 16.2. The molecule has 0 atom stereocenters. The lowest BCUT2D eigenvalue weighted by Crippen LogP contribution is -2.17. The van der Waals surface area contributed by atoms with Crippen molar-refractivity contribution >= 4 is 28.9 Å². The summed E-state index contributed by atoms with van der Waals surface area (Å²) in [5.74, 6) is -0.0634. The van der Waals surface area contributed by atoms with E-state index in [1.54, 1.807) is 48.5 Å². The van der Waals surface area contributed by atoms with Crippen molar-refractivity contribution in [3.8, 4) is 11.5 Å². The van der Waals surface area contributed by atoms with Gasteiger partial charge in [-0.15, -0.1) is 0 Å². The van der Waals surface area contributed by atoms with E-state index >= 15 is 0 Å². The van der Waals surface area contributed by atoms with Crippen molar-refractivity contribution in [2.75, 3.05) is 6.61 Å². The number of hydrogen-bond acceptors (Lipinski definition) is 5. The maximum atomic E-state index is 12.9. The zero-order chi connectivity index (χ0) is 23.0. The number of ether oxygens (including phenoxy) is 2. The molecule has 0 radical (unpaired) electrons. The number of esters is 1. The molecule has 164 valence electrons. The van der Waals surface area contributed by atoms with E-state index in [0.29, 0.717) is 34.8 Å². The molecule has 4 aromatic rings. The molecule has 0 heterocycles. The third kappa shape index (κ3) is 5.25. The van der Waals surface area contributed by atoms with E-state index in [-0.39, 0.29) is 5.91 Å². The molecule has 0 saturated heterocycles. The molecule has 0 spiro atoms. The highest BCUT2D eigenvalue weighted by Gasteiger charge is 2.15. The van der Waals surface area contributed by atoms with Crippen LogP contribution in [0.15, 0.2) is 96.1 Å². The van der Waals surface area contributed by atoms with Crippen molar-refractivity contribution in [1.29, 1.82) is 0 Å². The fraction of sp³-hybridized carbons (Fsp3) is 0.0741. The molecule has 0 fully saturated rings. The number of carbonyl (C=O) groups is 2. The molecule has 0 saturated carbocycles. The third-order valence-electron chi connectivity index (χ3n) is 4.90. The first-order valence-corrected chi connectivity index (χ1v) is 10.5. The third-order valence-corrected chi connectivity index (χ3v) is 4.90. The van der Waals surface area contributed by atoms with E-state index in [1.165, 1.54) is 6.21 Å². The summed E-state index contributed by atoms with van der Waals surface area (Å²) in [7, 11) is 0. The monoisotopic (exact) mass is 438 g/mol. The van der Waals surface area contributed by atoms with Gasteiger partial charge in [0.2, 0.25) is 0 Å². The Bertz CT molecular complexity index is 1310. The van der Waals surface area contributed by atoms with E-state index < -0.39 is 5.97 Å². The smallest absolute Gasteiger partial charge is 0.344 e. The quantitative estimate of drug-likeness (QED) is 0.186. The van der Waals surface area contributed by atoms with Gasteiger partial charge in [0.1, 0.15) is 0 Å². The Morgan fingerprint density at radius 1 is 0.879 bits per heavy atom. The topological polar surface area (TPSA) is 77.0 Å². The maximum Gasteiger partial charge on any atom is 0.344 e. The van der Waals surface area contributed by atoms with Gasteiger partial charge in [0.15, 0.2) is 11.5 Å². The van der Waals surface area contributed by atoms with Gasteiger partial charge in [-0.1, -0.05) is 54.6 Å². The average molecular weight is 438 g/mol. The number of hydrazone groups is 1. The van der Waals surface area contributed by atoms with Crippen LogP contribution < -0.4 is 14.9 Å². The van der Waals surface area contributed by atoms with Gasteiger partial charge in [-0.2, -0.15) is 5.10 Å². The minimum Gasteiger partial charge on any atom is -0.490 e. The van der Waals surface area contributed by atoms with Gasteiger partial charge in [0.05, 0.1) is 18.4 Å². The van der Waals surface area contributed by atoms with Crippen LogP contribution in [0.5, 0.6) is 11.5 Å². The first kappa shape index (κ1) is 21.8. The molecule has 33 heavy (non-hydrogen) atoms. The summed E-state index contributed by atoms with van der Waals surface area (Å²) in [4.78, 5) is 25.0. The Kier molecular flexibility index (Phi) is 6.75. The lowest BCUT2D eigenvalue weighted by Gasteiger charge is -2.12. The number of fused-ring (bicyclic) bond motifs is 1. The molecule has 0 aliphatic rings. The van der Waals surface area contributed by atoms with Crippen molar-refractivity contribution in [3.63, 3.8) is 0 Å². The number of carbonyl (C=O) groups excluding carboxylic acids is 2. The fourth-order valence-corrected chi connectivity index (χ4v) is 3.34. The Morgan fingerprint density at radius 2 is 1.64 bits per heavy atom. The Morgan fingerprint density at radius 3 is 2.45 bits per heavy atom. The predicted octanol–water partition coefficient (Wildman–Crippen LogP) is 5.22. The highest BCUT2D eigenvalue weighted by Crippen LogP contribution is 2.30. The summed E-state index contributed by atoms with van der Waals surface area (Å²) >= 11 is 0. The first-order valence-electron chi connectivity index (χ1n) is 10.5. The van der Waals surface area contributed by atoms with Crippen LogP contribution in [0, 0.1) is 0 Å². The minimum absolute atomic E-state index is 0.306. The molecule has 1 N–H and O–H groups in total. The largest absolute Gasteiger partial charge is 0.490 e. The molecule has 0 unspecified atom stereocenters. The van der Waals surface area contributed by atoms with Gasteiger partial charge in [0.25, 0.3) is 5.91 Å². The number of amides is 1. The zero-order valence-electron chi connectivity index (χ0n) is 18.0. The number of nitrogens with zero attached hydrogens (tertiary/aromatic N) is 1. The molecule has 1 amide bonds. The van der Waals surface area contributed by atoms with Crippen LogP contribution >= 0.6 is 0 Å². The second kappa shape index (κ2) is 10.2. The van der Waals surface area contributed by atoms with Crippen LogP contribution in [0.3, 0.4) is 0 Å². The van der Waals surface area contributed by atoms with Crippen molar-refractivity contribution in [1.82, 2.24) is 5.43 Å². The van der Waals surface area contributed by atoms with Crippen LogP contribution in [0.2, 0.25) is 0 Å². The van der Waals surface area contributed by atoms with E-state index in [0.717, 1.165) is 10.8 Å². The van der Waals surface area contributed by atoms with Gasteiger partial charge < -0.3 is 9.47 Å². The Labute approximate surface area is 191 Å². The standard InChI is InChI=1S/C27H22N2O4/c1-2-32-25-17-19(18-28-29-26(30)21-10-4-3-5-11-21)15-16-24(25)33-27(31)23-14-8-12-20-9-6-7-13-22(20)23/h3-18H,2H2,1H3,(H,29,30)/b28-18-. The number of nitrogens with one attached hydrogen (secondary N) is 1.